The summed E-state index contributed by atoms with van der Waals surface area (Å²) in [5.74, 6) is -7.22. The molecule has 4 rings (SSSR count). The monoisotopic (exact) mass is 484 g/mol. The highest BCUT2D eigenvalue weighted by Gasteiger charge is 2.34. The van der Waals surface area contributed by atoms with Gasteiger partial charge in [-0.1, -0.05) is 25.1 Å². The zero-order valence-electron chi connectivity index (χ0n) is 17.6. The fraction of sp³-hybridized carbons (Fsp3) is 0.200. The quantitative estimate of drug-likeness (QED) is 0.345. The Morgan fingerprint density at radius 2 is 1.47 bits per heavy atom. The van der Waals surface area contributed by atoms with E-state index in [0.29, 0.717) is 35.3 Å². The molecule has 178 valence electrons. The summed E-state index contributed by atoms with van der Waals surface area (Å²) < 4.78 is 113. The van der Waals surface area contributed by atoms with Crippen LogP contribution in [0, 0.1) is 29.1 Å². The maximum Gasteiger partial charge on any atom is 0.573 e. The topological polar surface area (TPSA) is 9.23 Å². The Morgan fingerprint density at radius 1 is 0.853 bits per heavy atom. The number of fused-ring (bicyclic) bond motifs is 1. The molecule has 0 N–H and O–H groups in total. The third-order valence-corrected chi connectivity index (χ3v) is 5.63. The largest absolute Gasteiger partial charge is 0.573 e. The van der Waals surface area contributed by atoms with Crippen LogP contribution in [0.3, 0.4) is 0 Å². The van der Waals surface area contributed by atoms with Crippen LogP contribution in [0.15, 0.2) is 42.5 Å². The predicted octanol–water partition coefficient (Wildman–Crippen LogP) is 7.69. The summed E-state index contributed by atoms with van der Waals surface area (Å²) in [6, 6.07) is 6.23. The van der Waals surface area contributed by atoms with Gasteiger partial charge < -0.3 is 4.74 Å². The minimum absolute atomic E-state index is 0.0208. The van der Waals surface area contributed by atoms with Gasteiger partial charge in [0, 0.05) is 11.1 Å². The smallest absolute Gasteiger partial charge is 0.399 e. The van der Waals surface area contributed by atoms with E-state index in [1.807, 2.05) is 0 Å². The molecule has 0 spiro atoms. The summed E-state index contributed by atoms with van der Waals surface area (Å²) in [4.78, 5) is 0. The van der Waals surface area contributed by atoms with Crippen molar-refractivity contribution in [1.82, 2.24) is 0 Å². The van der Waals surface area contributed by atoms with E-state index in [1.54, 1.807) is 6.92 Å². The highest BCUT2D eigenvalue weighted by Crippen LogP contribution is 2.38. The van der Waals surface area contributed by atoms with Gasteiger partial charge in [-0.05, 0) is 71.4 Å². The number of benzene rings is 3. The lowest BCUT2D eigenvalue weighted by molar-refractivity contribution is -0.276. The van der Waals surface area contributed by atoms with Gasteiger partial charge in [-0.25, -0.2) is 22.0 Å². The fourth-order valence-corrected chi connectivity index (χ4v) is 4.03. The first-order chi connectivity index (χ1) is 16.0. The first-order valence-electron chi connectivity index (χ1n) is 10.2. The average molecular weight is 484 g/mol. The van der Waals surface area contributed by atoms with Crippen LogP contribution in [0.2, 0.25) is 0 Å². The van der Waals surface area contributed by atoms with E-state index >= 15 is 4.39 Å². The number of aryl methyl sites for hydroxylation is 1. The van der Waals surface area contributed by atoms with Gasteiger partial charge in [-0.15, -0.1) is 13.2 Å². The van der Waals surface area contributed by atoms with Gasteiger partial charge in [-0.3, -0.25) is 0 Å². The number of hydrogen-bond acceptors (Lipinski definition) is 1. The molecule has 0 unspecified atom stereocenters. The molecule has 1 aliphatic rings. The highest BCUT2D eigenvalue weighted by atomic mass is 19.4. The lowest BCUT2D eigenvalue weighted by Crippen LogP contribution is -2.19. The van der Waals surface area contributed by atoms with Crippen molar-refractivity contribution < 1.29 is 39.9 Å². The zero-order chi connectivity index (χ0) is 24.8. The van der Waals surface area contributed by atoms with Crippen LogP contribution in [0.1, 0.15) is 29.2 Å². The van der Waals surface area contributed by atoms with Crippen LogP contribution < -0.4 is 4.74 Å². The van der Waals surface area contributed by atoms with Crippen molar-refractivity contribution >= 4 is 5.57 Å². The van der Waals surface area contributed by atoms with Gasteiger partial charge in [0.2, 0.25) is 5.75 Å². The second-order valence-corrected chi connectivity index (χ2v) is 7.78. The molecule has 0 radical (unpaired) electrons. The summed E-state index contributed by atoms with van der Waals surface area (Å²) in [6.45, 7) is 1.76. The van der Waals surface area contributed by atoms with Crippen LogP contribution in [-0.4, -0.2) is 6.36 Å². The molecule has 0 atom stereocenters. The number of rotatable bonds is 4. The minimum Gasteiger partial charge on any atom is -0.399 e. The number of allylic oxidation sites excluding steroid dienone is 2. The molecule has 0 fully saturated rings. The Balaban J connectivity index is 1.69. The van der Waals surface area contributed by atoms with E-state index in [9.17, 15) is 30.7 Å². The van der Waals surface area contributed by atoms with Crippen molar-refractivity contribution in [2.24, 2.45) is 0 Å². The Bertz CT molecular complexity index is 1260. The molecule has 0 bridgehead atoms. The molecular formula is C25H16F8O. The van der Waals surface area contributed by atoms with Crippen molar-refractivity contribution in [1.29, 1.82) is 0 Å². The molecule has 1 aliphatic carbocycles. The van der Waals surface area contributed by atoms with Gasteiger partial charge in [-0.2, -0.15) is 0 Å². The summed E-state index contributed by atoms with van der Waals surface area (Å²) in [7, 11) is 0. The van der Waals surface area contributed by atoms with Crippen LogP contribution in [-0.2, 0) is 19.3 Å². The van der Waals surface area contributed by atoms with Gasteiger partial charge in [0.25, 0.3) is 0 Å². The highest BCUT2D eigenvalue weighted by molar-refractivity contribution is 5.74. The van der Waals surface area contributed by atoms with E-state index in [4.69, 9.17) is 0 Å². The first-order valence-corrected chi connectivity index (χ1v) is 10.2. The molecule has 1 nitrogen and oxygen atoms in total. The van der Waals surface area contributed by atoms with Crippen LogP contribution in [0.25, 0.3) is 16.7 Å². The van der Waals surface area contributed by atoms with Crippen molar-refractivity contribution in [2.75, 3.05) is 0 Å². The molecule has 0 heterocycles. The van der Waals surface area contributed by atoms with Crippen molar-refractivity contribution in [3.63, 3.8) is 0 Å². The van der Waals surface area contributed by atoms with Crippen molar-refractivity contribution in [3.8, 4) is 16.9 Å². The summed E-state index contributed by atoms with van der Waals surface area (Å²) in [5.41, 5.74) is 0.652. The number of hydrogen-bond donors (Lipinski definition) is 0. The summed E-state index contributed by atoms with van der Waals surface area (Å²) >= 11 is 0. The SMILES string of the molecule is CCc1cc(F)c(C2=CCc3c(ccc(-c4cc(F)c(OC(F)(F)F)c(F)c4)c3F)C2)c(F)c1. The molecule has 3 aromatic carbocycles. The molecule has 0 amide bonds. The molecule has 34 heavy (non-hydrogen) atoms. The lowest BCUT2D eigenvalue weighted by Gasteiger charge is -2.21. The molecule has 0 aliphatic heterocycles. The van der Waals surface area contributed by atoms with E-state index in [0.717, 1.165) is 0 Å². The first kappa shape index (κ1) is 23.8. The Hall–Kier alpha value is -3.36. The Labute approximate surface area is 189 Å². The third-order valence-electron chi connectivity index (χ3n) is 5.63. The molecule has 0 saturated carbocycles. The maximum atomic E-state index is 15.2. The van der Waals surface area contributed by atoms with Gasteiger partial charge in [0.05, 0.1) is 0 Å². The van der Waals surface area contributed by atoms with Crippen LogP contribution in [0.5, 0.6) is 5.75 Å². The van der Waals surface area contributed by atoms with E-state index in [-0.39, 0.29) is 35.1 Å². The molecule has 0 aromatic heterocycles. The van der Waals surface area contributed by atoms with E-state index in [2.05, 4.69) is 4.74 Å². The molecule has 0 saturated heterocycles. The van der Waals surface area contributed by atoms with Crippen molar-refractivity contribution in [2.45, 2.75) is 32.5 Å². The number of halogens is 8. The van der Waals surface area contributed by atoms with Crippen LogP contribution in [0.4, 0.5) is 35.1 Å². The standard InChI is InChI=1S/C25H16F8O/c1-2-12-7-18(26)22(19(27)8-12)14-4-6-16-13(9-14)3-5-17(23(16)30)15-10-20(28)24(21(29)11-15)34-25(31,32)33/h3-5,7-8,10-11H,2,6,9H2,1H3. The second kappa shape index (κ2) is 8.77. The van der Waals surface area contributed by atoms with Gasteiger partial charge in [0.15, 0.2) is 11.6 Å². The number of ether oxygens (including phenoxy) is 1. The number of alkyl halides is 3. The van der Waals surface area contributed by atoms with Gasteiger partial charge >= 0.3 is 6.36 Å². The molecule has 9 heteroatoms. The molecular weight excluding hydrogens is 468 g/mol. The van der Waals surface area contributed by atoms with Crippen molar-refractivity contribution in [3.05, 3.63) is 93.8 Å². The normalized spacial score (nSPS) is 13.5. The average Bonchev–Trinajstić information content (AvgIpc) is 2.75. The van der Waals surface area contributed by atoms with E-state index in [1.165, 1.54) is 30.3 Å². The summed E-state index contributed by atoms with van der Waals surface area (Å²) in [6.07, 6.45) is -3.40. The predicted molar refractivity (Wildman–Crippen MR) is 110 cm³/mol. The zero-order valence-corrected chi connectivity index (χ0v) is 17.6. The third kappa shape index (κ3) is 4.51. The Morgan fingerprint density at radius 3 is 2.03 bits per heavy atom. The summed E-state index contributed by atoms with van der Waals surface area (Å²) in [5, 5.41) is 0. The maximum absolute atomic E-state index is 15.2. The minimum atomic E-state index is -5.31. The van der Waals surface area contributed by atoms with Gasteiger partial charge in [0.1, 0.15) is 17.5 Å². The Kier molecular flexibility index (Phi) is 6.14. The van der Waals surface area contributed by atoms with E-state index < -0.39 is 41.2 Å². The van der Waals surface area contributed by atoms with Crippen LogP contribution >= 0.6 is 0 Å². The second-order valence-electron chi connectivity index (χ2n) is 7.78. The molecule has 3 aromatic rings. The fourth-order valence-electron chi connectivity index (χ4n) is 4.03. The lowest BCUT2D eigenvalue weighted by atomic mass is 9.85.